The number of aromatic nitrogens is 4. The fraction of sp³-hybridized carbons (Fsp3) is 0.500. The molecule has 3 heterocycles. The predicted molar refractivity (Wildman–Crippen MR) is 141 cm³/mol. The lowest BCUT2D eigenvalue weighted by molar-refractivity contribution is 0.282. The van der Waals surface area contributed by atoms with Crippen molar-refractivity contribution < 1.29 is 4.43 Å². The van der Waals surface area contributed by atoms with Crippen LogP contribution in [0.2, 0.25) is 28.3 Å². The Balaban J connectivity index is 2.11. The maximum atomic E-state index is 13.1. The molecule has 184 valence electrons. The summed E-state index contributed by atoms with van der Waals surface area (Å²) < 4.78 is 7.73. The number of nitrogens with one attached hydrogen (secondary N) is 1. The molecule has 3 aromatic rings. The first kappa shape index (κ1) is 26.6. The van der Waals surface area contributed by atoms with Gasteiger partial charge in [0.1, 0.15) is 5.15 Å². The van der Waals surface area contributed by atoms with E-state index in [1.165, 1.54) is 10.6 Å². The third-order valence-electron chi connectivity index (χ3n) is 6.46. The number of fused-ring (bicyclic) bond motifs is 1. The van der Waals surface area contributed by atoms with E-state index in [2.05, 4.69) is 48.8 Å². The lowest BCUT2D eigenvalue weighted by Crippen LogP contribution is -2.41. The van der Waals surface area contributed by atoms with Gasteiger partial charge in [-0.25, -0.2) is 14.3 Å². The topological polar surface area (TPSA) is 89.9 Å². The van der Waals surface area contributed by atoms with Crippen LogP contribution in [0.25, 0.3) is 16.7 Å². The standard InChI is InChI=1S/C24H32Cl2N4O3Si/c1-14(2)18-19(15(10-11-27-18)9-8-12-33-34(6,7)24(3,4)5)30-21-16(22(31)29-23(30)32)13-17(25)20(26)28-21/h10-11,13-14H,8-9,12H2,1-7H3,(H,29,31,32). The fourth-order valence-electron chi connectivity index (χ4n) is 3.52. The van der Waals surface area contributed by atoms with Gasteiger partial charge in [0.15, 0.2) is 14.0 Å². The van der Waals surface area contributed by atoms with Crippen LogP contribution in [-0.2, 0) is 10.8 Å². The summed E-state index contributed by atoms with van der Waals surface area (Å²) in [6.45, 7) is 15.7. The van der Waals surface area contributed by atoms with Crippen molar-refractivity contribution in [2.75, 3.05) is 6.61 Å². The van der Waals surface area contributed by atoms with Crippen molar-refractivity contribution in [2.24, 2.45) is 0 Å². The first-order valence-electron chi connectivity index (χ1n) is 11.4. The molecule has 0 aromatic carbocycles. The minimum atomic E-state index is -1.86. The molecule has 0 radical (unpaired) electrons. The molecular formula is C24H32Cl2N4O3Si. The van der Waals surface area contributed by atoms with Gasteiger partial charge in [-0.15, -0.1) is 0 Å². The van der Waals surface area contributed by atoms with Gasteiger partial charge in [0.25, 0.3) is 5.56 Å². The number of aromatic amines is 1. The van der Waals surface area contributed by atoms with Gasteiger partial charge >= 0.3 is 5.69 Å². The molecule has 1 N–H and O–H groups in total. The SMILES string of the molecule is CC(C)c1nccc(CCCO[Si](C)(C)C(C)(C)C)c1-n1c(=O)[nH]c(=O)c2cc(Cl)c(Cl)nc21. The lowest BCUT2D eigenvalue weighted by atomic mass is 10.0. The van der Waals surface area contributed by atoms with E-state index in [0.29, 0.717) is 18.7 Å². The van der Waals surface area contributed by atoms with Gasteiger partial charge in [-0.1, -0.05) is 57.8 Å². The third-order valence-corrected chi connectivity index (χ3v) is 11.7. The van der Waals surface area contributed by atoms with Crippen LogP contribution in [0.5, 0.6) is 0 Å². The van der Waals surface area contributed by atoms with Gasteiger partial charge in [0.05, 0.1) is 21.8 Å². The van der Waals surface area contributed by atoms with Crippen molar-refractivity contribution in [1.29, 1.82) is 0 Å². The van der Waals surface area contributed by atoms with Crippen LogP contribution in [0.15, 0.2) is 27.9 Å². The van der Waals surface area contributed by atoms with Gasteiger partial charge in [-0.05, 0) is 54.6 Å². The van der Waals surface area contributed by atoms with Crippen molar-refractivity contribution in [3.05, 3.63) is 60.6 Å². The number of H-pyrrole nitrogens is 1. The van der Waals surface area contributed by atoms with Crippen molar-refractivity contribution in [3.63, 3.8) is 0 Å². The highest BCUT2D eigenvalue weighted by atomic mass is 35.5. The van der Waals surface area contributed by atoms with Gasteiger partial charge in [-0.3, -0.25) is 14.8 Å². The second kappa shape index (κ2) is 9.93. The molecule has 3 rings (SSSR count). The smallest absolute Gasteiger partial charge is 0.334 e. The zero-order valence-corrected chi connectivity index (χ0v) is 23.3. The van der Waals surface area contributed by atoms with E-state index in [9.17, 15) is 9.59 Å². The summed E-state index contributed by atoms with van der Waals surface area (Å²) in [5, 5.41) is 0.476. The van der Waals surface area contributed by atoms with Crippen LogP contribution >= 0.6 is 23.2 Å². The molecule has 0 saturated carbocycles. The summed E-state index contributed by atoms with van der Waals surface area (Å²) in [6.07, 6.45) is 3.19. The zero-order chi connectivity index (χ0) is 25.4. The lowest BCUT2D eigenvalue weighted by Gasteiger charge is -2.36. The van der Waals surface area contributed by atoms with E-state index >= 15 is 0 Å². The number of halogens is 2. The van der Waals surface area contributed by atoms with Crippen molar-refractivity contribution in [2.45, 2.75) is 71.5 Å². The number of hydrogen-bond acceptors (Lipinski definition) is 5. The van der Waals surface area contributed by atoms with Gasteiger partial charge in [0.2, 0.25) is 0 Å². The van der Waals surface area contributed by atoms with Crippen LogP contribution in [0.3, 0.4) is 0 Å². The quantitative estimate of drug-likeness (QED) is 0.238. The van der Waals surface area contributed by atoms with E-state index in [4.69, 9.17) is 27.6 Å². The Morgan fingerprint density at radius 1 is 1.21 bits per heavy atom. The van der Waals surface area contributed by atoms with E-state index < -0.39 is 19.6 Å². The molecule has 34 heavy (non-hydrogen) atoms. The number of hydrogen-bond donors (Lipinski definition) is 1. The van der Waals surface area contributed by atoms with Crippen LogP contribution < -0.4 is 11.2 Å². The summed E-state index contributed by atoms with van der Waals surface area (Å²) in [4.78, 5) is 36.8. The van der Waals surface area contributed by atoms with Crippen LogP contribution in [0, 0.1) is 0 Å². The molecule has 0 saturated heterocycles. The molecule has 0 spiro atoms. The summed E-state index contributed by atoms with van der Waals surface area (Å²) in [6, 6.07) is 3.33. The molecule has 0 aliphatic carbocycles. The first-order chi connectivity index (χ1) is 15.7. The molecule has 10 heteroatoms. The molecule has 0 unspecified atom stereocenters. The van der Waals surface area contributed by atoms with Crippen LogP contribution in [0.1, 0.15) is 58.2 Å². The minimum Gasteiger partial charge on any atom is -0.417 e. The van der Waals surface area contributed by atoms with Crippen LogP contribution in [-0.4, -0.2) is 34.4 Å². The minimum absolute atomic E-state index is 0.0206. The first-order valence-corrected chi connectivity index (χ1v) is 15.0. The average molecular weight is 524 g/mol. The Hall–Kier alpha value is -2.00. The Morgan fingerprint density at radius 3 is 2.50 bits per heavy atom. The Bertz CT molecular complexity index is 1330. The Kier molecular flexibility index (Phi) is 7.77. The summed E-state index contributed by atoms with van der Waals surface area (Å²) in [5.41, 5.74) is 1.24. The van der Waals surface area contributed by atoms with Gasteiger partial charge in [0, 0.05) is 12.8 Å². The highest BCUT2D eigenvalue weighted by Gasteiger charge is 2.36. The largest absolute Gasteiger partial charge is 0.417 e. The fourth-order valence-corrected chi connectivity index (χ4v) is 4.89. The maximum Gasteiger partial charge on any atom is 0.334 e. The monoisotopic (exact) mass is 522 g/mol. The molecular weight excluding hydrogens is 491 g/mol. The highest BCUT2D eigenvalue weighted by molar-refractivity contribution is 6.74. The second-order valence-electron chi connectivity index (χ2n) is 10.3. The van der Waals surface area contributed by atoms with Crippen molar-refractivity contribution in [1.82, 2.24) is 19.5 Å². The molecule has 0 aliphatic rings. The average Bonchev–Trinajstić information content (AvgIpc) is 2.72. The van der Waals surface area contributed by atoms with Crippen molar-refractivity contribution >= 4 is 42.6 Å². The molecule has 3 aromatic heterocycles. The summed E-state index contributed by atoms with van der Waals surface area (Å²) >= 11 is 12.3. The Labute approximate surface area is 210 Å². The summed E-state index contributed by atoms with van der Waals surface area (Å²) in [5.74, 6) is 0.0232. The highest BCUT2D eigenvalue weighted by Crippen LogP contribution is 2.36. The van der Waals surface area contributed by atoms with Gasteiger partial charge < -0.3 is 4.43 Å². The summed E-state index contributed by atoms with van der Waals surface area (Å²) in [7, 11) is -1.86. The molecule has 0 aliphatic heterocycles. The molecule has 0 atom stereocenters. The number of aryl methyl sites for hydroxylation is 1. The molecule has 0 bridgehead atoms. The number of rotatable bonds is 7. The molecule has 7 nitrogen and oxygen atoms in total. The normalized spacial score (nSPS) is 12.6. The van der Waals surface area contributed by atoms with Crippen LogP contribution in [0.4, 0.5) is 0 Å². The van der Waals surface area contributed by atoms with Crippen molar-refractivity contribution in [3.8, 4) is 5.69 Å². The third kappa shape index (κ3) is 5.30. The number of nitrogens with zero attached hydrogens (tertiary/aromatic N) is 3. The zero-order valence-electron chi connectivity index (χ0n) is 20.8. The molecule has 0 fully saturated rings. The second-order valence-corrected chi connectivity index (χ2v) is 15.9. The molecule has 0 amide bonds. The Morgan fingerprint density at radius 2 is 1.88 bits per heavy atom. The maximum absolute atomic E-state index is 13.1. The van der Waals surface area contributed by atoms with E-state index in [1.54, 1.807) is 6.20 Å². The van der Waals surface area contributed by atoms with E-state index in [-0.39, 0.29) is 32.2 Å². The van der Waals surface area contributed by atoms with E-state index in [0.717, 1.165) is 17.7 Å². The van der Waals surface area contributed by atoms with E-state index in [1.807, 2.05) is 19.9 Å². The van der Waals surface area contributed by atoms with Gasteiger partial charge in [-0.2, -0.15) is 0 Å². The predicted octanol–water partition coefficient (Wildman–Crippen LogP) is 5.85. The number of pyridine rings is 2.